The van der Waals surface area contributed by atoms with Crippen LogP contribution in [-0.4, -0.2) is 17.5 Å². The van der Waals surface area contributed by atoms with Crippen molar-refractivity contribution < 1.29 is 19.1 Å². The molecular weight excluding hydrogens is 220 g/mol. The molecule has 0 saturated carbocycles. The summed E-state index contributed by atoms with van der Waals surface area (Å²) >= 11 is 0. The zero-order valence-electron chi connectivity index (χ0n) is 9.17. The van der Waals surface area contributed by atoms with Crippen LogP contribution >= 0.6 is 0 Å². The summed E-state index contributed by atoms with van der Waals surface area (Å²) < 4.78 is 4.80. The van der Waals surface area contributed by atoms with E-state index in [2.05, 4.69) is 0 Å². The van der Waals surface area contributed by atoms with Gasteiger partial charge in [-0.3, -0.25) is 14.4 Å². The molecule has 0 amide bonds. The molecular formula is C13H10O4. The number of hydrogen-bond donors (Lipinski definition) is 0. The van der Waals surface area contributed by atoms with Gasteiger partial charge in [-0.2, -0.15) is 0 Å². The van der Waals surface area contributed by atoms with E-state index in [1.165, 1.54) is 13.0 Å². The molecule has 0 N–H and O–H groups in total. The van der Waals surface area contributed by atoms with Crippen LogP contribution in [0.4, 0.5) is 0 Å². The predicted octanol–water partition coefficient (Wildman–Crippen LogP) is 1.36. The van der Waals surface area contributed by atoms with Crippen LogP contribution in [0.5, 0.6) is 0 Å². The van der Waals surface area contributed by atoms with Crippen LogP contribution < -0.4 is 0 Å². The lowest BCUT2D eigenvalue weighted by Gasteiger charge is -1.95. The van der Waals surface area contributed by atoms with E-state index >= 15 is 0 Å². The van der Waals surface area contributed by atoms with Gasteiger partial charge in [-0.25, -0.2) is 0 Å². The average molecular weight is 230 g/mol. The van der Waals surface area contributed by atoms with Gasteiger partial charge in [0.2, 0.25) is 5.78 Å². The average Bonchev–Trinajstić information content (AvgIpc) is 2.55. The summed E-state index contributed by atoms with van der Waals surface area (Å²) in [6.45, 7) is 1.20. The molecule has 1 unspecified atom stereocenters. The summed E-state index contributed by atoms with van der Waals surface area (Å²) in [5, 5.41) is 0. The Morgan fingerprint density at radius 1 is 1.24 bits per heavy atom. The van der Waals surface area contributed by atoms with Crippen molar-refractivity contribution in [3.05, 3.63) is 41.7 Å². The van der Waals surface area contributed by atoms with Gasteiger partial charge >= 0.3 is 5.97 Å². The fourth-order valence-electron chi connectivity index (χ4n) is 1.62. The number of Topliss-reactive ketones (excluding diaryl/α,β-unsaturated/α-hetero) is 2. The number of ketones is 2. The molecule has 1 fully saturated rings. The lowest BCUT2D eigenvalue weighted by atomic mass is 10.0. The second-order valence-corrected chi connectivity index (χ2v) is 3.75. The van der Waals surface area contributed by atoms with Gasteiger partial charge in [0.05, 0.1) is 0 Å². The number of cyclic esters (lactones) is 1. The first-order chi connectivity index (χ1) is 8.09. The van der Waals surface area contributed by atoms with Crippen LogP contribution in [0, 0.1) is 5.92 Å². The second kappa shape index (κ2) is 4.33. The van der Waals surface area contributed by atoms with E-state index in [1.54, 1.807) is 24.3 Å². The standard InChI is InChI=1S/C13H10O4/c1-8(14)11-12(15)10(17-13(11)16)7-9-5-3-2-4-6-9/h2-7,11H,1H3. The number of esters is 1. The van der Waals surface area contributed by atoms with Gasteiger partial charge in [-0.1, -0.05) is 30.3 Å². The van der Waals surface area contributed by atoms with E-state index in [-0.39, 0.29) is 5.76 Å². The molecule has 0 bridgehead atoms. The molecule has 4 nitrogen and oxygen atoms in total. The molecule has 4 heteroatoms. The highest BCUT2D eigenvalue weighted by molar-refractivity contribution is 6.26. The number of ether oxygens (including phenoxy) is 1. The molecule has 1 atom stereocenters. The molecule has 0 spiro atoms. The summed E-state index contributed by atoms with van der Waals surface area (Å²) in [5.74, 6) is -3.20. The molecule has 0 aliphatic carbocycles. The van der Waals surface area contributed by atoms with E-state index in [0.29, 0.717) is 0 Å². The number of rotatable bonds is 2. The highest BCUT2D eigenvalue weighted by Crippen LogP contribution is 2.23. The fourth-order valence-corrected chi connectivity index (χ4v) is 1.62. The zero-order valence-corrected chi connectivity index (χ0v) is 9.17. The van der Waals surface area contributed by atoms with Gasteiger partial charge in [0, 0.05) is 0 Å². The Morgan fingerprint density at radius 3 is 2.41 bits per heavy atom. The molecule has 1 aliphatic heterocycles. The van der Waals surface area contributed by atoms with Crippen molar-refractivity contribution in [2.75, 3.05) is 0 Å². The molecule has 17 heavy (non-hydrogen) atoms. The van der Waals surface area contributed by atoms with Gasteiger partial charge in [0.1, 0.15) is 0 Å². The third kappa shape index (κ3) is 2.15. The minimum absolute atomic E-state index is 0.0681. The third-order valence-corrected chi connectivity index (χ3v) is 2.46. The third-order valence-electron chi connectivity index (χ3n) is 2.46. The van der Waals surface area contributed by atoms with Crippen molar-refractivity contribution in [1.29, 1.82) is 0 Å². The minimum atomic E-state index is -1.29. The topological polar surface area (TPSA) is 60.4 Å². The molecule has 0 aromatic heterocycles. The largest absolute Gasteiger partial charge is 0.422 e. The first-order valence-corrected chi connectivity index (χ1v) is 5.12. The van der Waals surface area contributed by atoms with E-state index in [0.717, 1.165) is 5.56 Å². The molecule has 1 heterocycles. The van der Waals surface area contributed by atoms with E-state index in [4.69, 9.17) is 4.74 Å². The van der Waals surface area contributed by atoms with Crippen LogP contribution in [0.15, 0.2) is 36.1 Å². The lowest BCUT2D eigenvalue weighted by Crippen LogP contribution is -2.22. The highest BCUT2D eigenvalue weighted by atomic mass is 16.6. The van der Waals surface area contributed by atoms with Crippen molar-refractivity contribution >= 4 is 23.6 Å². The highest BCUT2D eigenvalue weighted by Gasteiger charge is 2.43. The van der Waals surface area contributed by atoms with Crippen LogP contribution in [0.3, 0.4) is 0 Å². The summed E-state index contributed by atoms with van der Waals surface area (Å²) in [6.07, 6.45) is 1.46. The summed E-state index contributed by atoms with van der Waals surface area (Å²) in [4.78, 5) is 34.2. The van der Waals surface area contributed by atoms with Crippen LogP contribution in [-0.2, 0) is 19.1 Å². The quantitative estimate of drug-likeness (QED) is 0.437. The van der Waals surface area contributed by atoms with Gasteiger partial charge in [0.15, 0.2) is 17.5 Å². The van der Waals surface area contributed by atoms with Crippen LogP contribution in [0.1, 0.15) is 12.5 Å². The number of hydrogen-bond acceptors (Lipinski definition) is 4. The maximum atomic E-state index is 11.7. The van der Waals surface area contributed by atoms with Gasteiger partial charge in [0.25, 0.3) is 0 Å². The first kappa shape index (κ1) is 11.3. The molecule has 0 radical (unpaired) electrons. The van der Waals surface area contributed by atoms with Crippen molar-refractivity contribution in [3.63, 3.8) is 0 Å². The maximum Gasteiger partial charge on any atom is 0.330 e. The van der Waals surface area contributed by atoms with Gasteiger partial charge < -0.3 is 4.74 Å². The molecule has 1 aromatic carbocycles. The lowest BCUT2D eigenvalue weighted by molar-refractivity contribution is -0.143. The molecule has 1 saturated heterocycles. The van der Waals surface area contributed by atoms with Crippen LogP contribution in [0.2, 0.25) is 0 Å². The number of allylic oxidation sites excluding steroid dienone is 1. The predicted molar refractivity (Wildman–Crippen MR) is 59.7 cm³/mol. The van der Waals surface area contributed by atoms with Crippen LogP contribution in [0.25, 0.3) is 6.08 Å². The molecule has 1 aliphatic rings. The smallest absolute Gasteiger partial charge is 0.330 e. The second-order valence-electron chi connectivity index (χ2n) is 3.75. The van der Waals surface area contributed by atoms with Gasteiger partial charge in [-0.05, 0) is 18.6 Å². The van der Waals surface area contributed by atoms with Crippen molar-refractivity contribution in [1.82, 2.24) is 0 Å². The number of benzene rings is 1. The Hall–Kier alpha value is -2.23. The van der Waals surface area contributed by atoms with Gasteiger partial charge in [-0.15, -0.1) is 0 Å². The fraction of sp³-hybridized carbons (Fsp3) is 0.154. The van der Waals surface area contributed by atoms with E-state index < -0.39 is 23.5 Å². The SMILES string of the molecule is CC(=O)C1C(=O)OC(=Cc2ccccc2)C1=O. The zero-order chi connectivity index (χ0) is 12.4. The minimum Gasteiger partial charge on any atom is -0.422 e. The van der Waals surface area contributed by atoms with E-state index in [1.807, 2.05) is 6.07 Å². The molecule has 1 aromatic rings. The number of carbonyl (C=O) groups is 3. The Kier molecular flexibility index (Phi) is 2.87. The summed E-state index contributed by atoms with van der Waals surface area (Å²) in [5.41, 5.74) is 0.743. The van der Waals surface area contributed by atoms with E-state index in [9.17, 15) is 14.4 Å². The molecule has 2 rings (SSSR count). The Balaban J connectivity index is 2.31. The van der Waals surface area contributed by atoms with Crippen molar-refractivity contribution in [3.8, 4) is 0 Å². The maximum absolute atomic E-state index is 11.7. The number of carbonyl (C=O) groups excluding carboxylic acids is 3. The Labute approximate surface area is 97.9 Å². The molecule has 86 valence electrons. The summed E-state index contributed by atoms with van der Waals surface area (Å²) in [6, 6.07) is 8.99. The Morgan fingerprint density at radius 2 is 1.88 bits per heavy atom. The normalized spacial score (nSPS) is 21.7. The summed E-state index contributed by atoms with van der Waals surface area (Å²) in [7, 11) is 0. The monoisotopic (exact) mass is 230 g/mol. The Bertz CT molecular complexity index is 513. The van der Waals surface area contributed by atoms with Crippen molar-refractivity contribution in [2.24, 2.45) is 5.92 Å². The van der Waals surface area contributed by atoms with Crippen molar-refractivity contribution in [2.45, 2.75) is 6.92 Å². The first-order valence-electron chi connectivity index (χ1n) is 5.12.